The maximum Gasteiger partial charge on any atom is 0.200 e. The number of fused-ring (bicyclic) bond motifs is 2. The lowest BCUT2D eigenvalue weighted by Crippen LogP contribution is -2.23. The third-order valence-corrected chi connectivity index (χ3v) is 5.81. The Hall–Kier alpha value is -3.27. The van der Waals surface area contributed by atoms with Gasteiger partial charge in [0.1, 0.15) is 21.5 Å². The van der Waals surface area contributed by atoms with E-state index >= 15 is 0 Å². The van der Waals surface area contributed by atoms with Crippen LogP contribution in [0.1, 0.15) is 18.3 Å². The molecular formula is C22H17IN7+. The lowest BCUT2D eigenvalue weighted by Gasteiger charge is -2.06. The average Bonchev–Trinajstić information content (AvgIpc) is 3.05. The molecule has 146 valence electrons. The Balaban J connectivity index is 1.85. The van der Waals surface area contributed by atoms with Gasteiger partial charge in [-0.1, -0.05) is 30.8 Å². The van der Waals surface area contributed by atoms with Crippen LogP contribution in [0.15, 0.2) is 36.7 Å². The van der Waals surface area contributed by atoms with Gasteiger partial charge in [-0.2, -0.15) is 10.1 Å². The van der Waals surface area contributed by atoms with E-state index in [0.29, 0.717) is 18.0 Å². The minimum absolute atomic E-state index is 0.400. The van der Waals surface area contributed by atoms with Gasteiger partial charge in [-0.25, -0.2) is 19.6 Å². The van der Waals surface area contributed by atoms with E-state index in [1.54, 1.807) is 4.68 Å². The highest BCUT2D eigenvalue weighted by Crippen LogP contribution is 2.23. The summed E-state index contributed by atoms with van der Waals surface area (Å²) in [4.78, 5) is 18.5. The standard InChI is InChI=1S/C22H17IN7/c1-12-6-3-4-8-14(12)19-16(28-18-13(2)7-5-9-15(18)27-19)10-30-22-17(20(23)29-30)21(24)25-11-26-22/h3-9,11H,1,10H2,2H3,(H2,24,25,26)/q+1/b19-14-. The molecule has 0 saturated heterocycles. The molecule has 1 aliphatic carbocycles. The summed E-state index contributed by atoms with van der Waals surface area (Å²) in [5.41, 5.74) is 9.45. The molecule has 3 heterocycles. The van der Waals surface area contributed by atoms with Crippen molar-refractivity contribution >= 4 is 57.7 Å². The van der Waals surface area contributed by atoms with Gasteiger partial charge in [-0.15, -0.1) is 0 Å². The fourth-order valence-corrected chi connectivity index (χ4v) is 4.35. The van der Waals surface area contributed by atoms with Crippen molar-refractivity contribution < 1.29 is 0 Å². The summed E-state index contributed by atoms with van der Waals surface area (Å²) in [5, 5.41) is 8.90. The van der Waals surface area contributed by atoms with Crippen LogP contribution in [-0.2, 0) is 6.54 Å². The number of nitrogens with zero attached hydrogens (tertiary/aromatic N) is 6. The summed E-state index contributed by atoms with van der Waals surface area (Å²) in [7, 11) is 0. The zero-order valence-electron chi connectivity index (χ0n) is 16.2. The van der Waals surface area contributed by atoms with Crippen molar-refractivity contribution in [2.45, 2.75) is 13.5 Å². The van der Waals surface area contributed by atoms with Gasteiger partial charge in [-0.3, -0.25) is 0 Å². The Bertz CT molecular complexity index is 1550. The van der Waals surface area contributed by atoms with Crippen molar-refractivity contribution in [1.82, 2.24) is 29.7 Å². The number of hydrogen-bond acceptors (Lipinski definition) is 6. The van der Waals surface area contributed by atoms with Gasteiger partial charge in [0, 0.05) is 11.6 Å². The van der Waals surface area contributed by atoms with E-state index in [9.17, 15) is 0 Å². The van der Waals surface area contributed by atoms with Crippen molar-refractivity contribution in [3.8, 4) is 0 Å². The number of nitrogen functional groups attached to an aromatic ring is 1. The highest BCUT2D eigenvalue weighted by atomic mass is 127. The van der Waals surface area contributed by atoms with Gasteiger partial charge in [0.2, 0.25) is 5.69 Å². The predicted molar refractivity (Wildman–Crippen MR) is 125 cm³/mol. The zero-order valence-corrected chi connectivity index (χ0v) is 18.3. The molecule has 8 heteroatoms. The SMILES string of the molecule is C=c1cccc/c1=c1/nc2c(nc1Cn1nc(I)c3c(N)ncnc31)=C(C)[CH+]C=C2. The molecule has 7 nitrogen and oxygen atoms in total. The van der Waals surface area contributed by atoms with Gasteiger partial charge in [0.15, 0.2) is 11.0 Å². The minimum Gasteiger partial charge on any atom is -0.383 e. The second-order valence-electron chi connectivity index (χ2n) is 7.02. The zero-order chi connectivity index (χ0) is 20.8. The first-order chi connectivity index (χ1) is 14.5. The van der Waals surface area contributed by atoms with E-state index in [1.807, 2.05) is 49.8 Å². The molecule has 0 amide bonds. The molecule has 30 heavy (non-hydrogen) atoms. The Kier molecular flexibility index (Phi) is 4.50. The lowest BCUT2D eigenvalue weighted by atomic mass is 10.1. The van der Waals surface area contributed by atoms with Crippen LogP contribution in [0.5, 0.6) is 0 Å². The molecule has 3 aromatic heterocycles. The van der Waals surface area contributed by atoms with Crippen LogP contribution in [-0.4, -0.2) is 29.7 Å². The summed E-state index contributed by atoms with van der Waals surface area (Å²) < 4.78 is 2.56. The molecule has 0 saturated carbocycles. The van der Waals surface area contributed by atoms with Crippen LogP contribution < -0.4 is 16.3 Å². The van der Waals surface area contributed by atoms with E-state index in [2.05, 4.69) is 44.2 Å². The Labute approximate surface area is 185 Å². The van der Waals surface area contributed by atoms with Gasteiger partial charge < -0.3 is 5.73 Å². The van der Waals surface area contributed by atoms with Gasteiger partial charge >= 0.3 is 0 Å². The first kappa shape index (κ1) is 18.7. The molecule has 0 bridgehead atoms. The Morgan fingerprint density at radius 2 is 2.00 bits per heavy atom. The summed E-state index contributed by atoms with van der Waals surface area (Å²) in [5.74, 6) is 0.416. The van der Waals surface area contributed by atoms with Crippen LogP contribution in [0.2, 0.25) is 0 Å². The molecule has 0 spiro atoms. The van der Waals surface area contributed by atoms with Crippen LogP contribution in [0.25, 0.3) is 29.3 Å². The van der Waals surface area contributed by atoms with E-state index < -0.39 is 0 Å². The Morgan fingerprint density at radius 1 is 1.17 bits per heavy atom. The molecule has 5 rings (SSSR count). The van der Waals surface area contributed by atoms with Crippen LogP contribution >= 0.6 is 22.6 Å². The summed E-state index contributed by atoms with van der Waals surface area (Å²) in [6.07, 6.45) is 7.47. The molecule has 0 unspecified atom stereocenters. The first-order valence-corrected chi connectivity index (χ1v) is 10.4. The molecule has 0 aliphatic heterocycles. The van der Waals surface area contributed by atoms with Gasteiger partial charge in [-0.05, 0) is 34.7 Å². The van der Waals surface area contributed by atoms with E-state index in [-0.39, 0.29) is 0 Å². The van der Waals surface area contributed by atoms with E-state index in [4.69, 9.17) is 15.7 Å². The lowest BCUT2D eigenvalue weighted by molar-refractivity contribution is 0.672. The van der Waals surface area contributed by atoms with Crippen molar-refractivity contribution in [2.24, 2.45) is 0 Å². The van der Waals surface area contributed by atoms with Crippen molar-refractivity contribution in [1.29, 1.82) is 0 Å². The molecule has 1 aliphatic rings. The fraction of sp³-hybridized carbons (Fsp3) is 0.0909. The highest BCUT2D eigenvalue weighted by Gasteiger charge is 2.19. The fourth-order valence-electron chi connectivity index (χ4n) is 3.57. The number of nitrogens with two attached hydrogens (primary N) is 1. The molecule has 0 radical (unpaired) electrons. The topological polar surface area (TPSA) is 95.4 Å². The first-order valence-electron chi connectivity index (χ1n) is 9.33. The third kappa shape index (κ3) is 3.04. The van der Waals surface area contributed by atoms with Crippen molar-refractivity contribution in [3.63, 3.8) is 0 Å². The maximum atomic E-state index is 6.05. The third-order valence-electron chi connectivity index (χ3n) is 5.06. The number of rotatable bonds is 2. The van der Waals surface area contributed by atoms with E-state index in [0.717, 1.165) is 47.2 Å². The monoisotopic (exact) mass is 506 g/mol. The molecule has 2 N–H and O–H groups in total. The largest absolute Gasteiger partial charge is 0.383 e. The smallest absolute Gasteiger partial charge is 0.200 e. The average molecular weight is 506 g/mol. The number of anilines is 1. The molecule has 1 aromatic carbocycles. The van der Waals surface area contributed by atoms with Gasteiger partial charge in [0.25, 0.3) is 0 Å². The van der Waals surface area contributed by atoms with Gasteiger partial charge in [0.05, 0.1) is 35.0 Å². The highest BCUT2D eigenvalue weighted by molar-refractivity contribution is 14.1. The summed E-state index contributed by atoms with van der Waals surface area (Å²) in [6, 6.07) is 7.94. The number of aromatic nitrogens is 6. The maximum absolute atomic E-state index is 6.05. The second kappa shape index (κ2) is 7.21. The molecule has 4 aromatic rings. The van der Waals surface area contributed by atoms with Crippen LogP contribution in [0.4, 0.5) is 5.82 Å². The number of hydrogen-bond donors (Lipinski definition) is 1. The number of allylic oxidation sites excluding steroid dienone is 1. The molecular weight excluding hydrogens is 489 g/mol. The van der Waals surface area contributed by atoms with Crippen LogP contribution in [0.3, 0.4) is 0 Å². The van der Waals surface area contributed by atoms with Crippen molar-refractivity contribution in [2.75, 3.05) is 5.73 Å². The predicted octanol–water partition coefficient (Wildman–Crippen LogP) is 1.95. The number of benzene rings is 1. The quantitative estimate of drug-likeness (QED) is 0.330. The summed E-state index contributed by atoms with van der Waals surface area (Å²) >= 11 is 2.15. The summed E-state index contributed by atoms with van der Waals surface area (Å²) in [6.45, 7) is 6.62. The Morgan fingerprint density at radius 3 is 2.83 bits per heavy atom. The molecule has 0 fully saturated rings. The van der Waals surface area contributed by atoms with E-state index in [1.165, 1.54) is 6.33 Å². The van der Waals surface area contributed by atoms with Crippen molar-refractivity contribution in [3.05, 3.63) is 79.3 Å². The number of halogens is 1. The molecule has 0 atom stereocenters. The second-order valence-corrected chi connectivity index (χ2v) is 8.05. The minimum atomic E-state index is 0.400. The normalized spacial score (nSPS) is 14.0. The van der Waals surface area contributed by atoms with Crippen LogP contribution in [0, 0.1) is 20.7 Å².